The van der Waals surface area contributed by atoms with Gasteiger partial charge in [-0.15, -0.1) is 12.6 Å². The maximum atomic E-state index is 5.09. The fourth-order valence-electron chi connectivity index (χ4n) is 0.644. The van der Waals surface area contributed by atoms with Crippen molar-refractivity contribution in [3.8, 4) is 0 Å². The molecule has 2 nitrogen and oxygen atoms in total. The molecule has 0 spiro atoms. The van der Waals surface area contributed by atoms with Gasteiger partial charge in [-0.05, 0) is 0 Å². The summed E-state index contributed by atoms with van der Waals surface area (Å²) in [7, 11) is 0. The van der Waals surface area contributed by atoms with Crippen molar-refractivity contribution in [2.24, 2.45) is 0 Å². The minimum Gasteiger partial charge on any atom is -0.656 e. The van der Waals surface area contributed by atoms with Crippen molar-refractivity contribution in [1.29, 1.82) is 0 Å². The minimum atomic E-state index is 0. The summed E-state index contributed by atoms with van der Waals surface area (Å²) < 4.78 is 5.09. The van der Waals surface area contributed by atoms with E-state index in [4.69, 9.17) is 4.74 Å². The van der Waals surface area contributed by atoms with Crippen molar-refractivity contribution in [2.45, 2.75) is 13.0 Å². The molecule has 1 aliphatic rings. The first kappa shape index (κ1) is 8.52. The summed E-state index contributed by atoms with van der Waals surface area (Å²) in [6.45, 7) is 4.60. The van der Waals surface area contributed by atoms with Crippen LogP contribution in [0.15, 0.2) is 0 Å². The van der Waals surface area contributed by atoms with Crippen LogP contribution in [0.5, 0.6) is 0 Å². The molecule has 1 rings (SSSR count). The second kappa shape index (κ2) is 4.40. The smallest absolute Gasteiger partial charge is 0.656 e. The van der Waals surface area contributed by atoms with E-state index in [0.717, 1.165) is 19.8 Å². The number of nitrogens with zero attached hydrogens (tertiary/aromatic N) is 1. The van der Waals surface area contributed by atoms with Gasteiger partial charge in [-0.1, -0.05) is 6.92 Å². The molecule has 0 radical (unpaired) electrons. The van der Waals surface area contributed by atoms with Crippen molar-refractivity contribution in [3.63, 3.8) is 0 Å². The Kier molecular flexibility index (Phi) is 4.69. The van der Waals surface area contributed by atoms with Crippen LogP contribution in [0.1, 0.15) is 6.92 Å². The van der Waals surface area contributed by atoms with E-state index in [1.165, 1.54) is 0 Å². The predicted molar refractivity (Wildman–Crippen MR) is 28.5 cm³/mol. The van der Waals surface area contributed by atoms with E-state index in [1.807, 2.05) is 0 Å². The predicted octanol–water partition coefficient (Wildman–Crippen LogP) is -2.22. The molecular weight excluding hydrogens is 97.0 g/mol. The van der Waals surface area contributed by atoms with Crippen LogP contribution in [0, 0.1) is 0 Å². The summed E-state index contributed by atoms with van der Waals surface area (Å²) in [5.41, 5.74) is 0. The van der Waals surface area contributed by atoms with Crippen molar-refractivity contribution in [3.05, 3.63) is 5.32 Å². The van der Waals surface area contributed by atoms with E-state index in [9.17, 15) is 0 Å². The van der Waals surface area contributed by atoms with Crippen LogP contribution in [-0.2, 0) is 4.74 Å². The largest absolute Gasteiger partial charge is 1.00 e. The molecule has 1 unspecified atom stereocenters. The van der Waals surface area contributed by atoms with Gasteiger partial charge in [0, 0.05) is 13.2 Å². The van der Waals surface area contributed by atoms with Crippen molar-refractivity contribution in [2.75, 3.05) is 19.8 Å². The van der Waals surface area contributed by atoms with E-state index >= 15 is 0 Å². The molecule has 1 fully saturated rings. The van der Waals surface area contributed by atoms with Crippen LogP contribution >= 0.6 is 0 Å². The van der Waals surface area contributed by atoms with Gasteiger partial charge in [0.15, 0.2) is 0 Å². The summed E-state index contributed by atoms with van der Waals surface area (Å²) >= 11 is 0. The minimum absolute atomic E-state index is 0. The van der Waals surface area contributed by atoms with Crippen LogP contribution in [0.2, 0.25) is 0 Å². The summed E-state index contributed by atoms with van der Waals surface area (Å²) in [6.07, 6.45) is 0. The number of morpholine rings is 1. The molecule has 1 aliphatic heterocycles. The quantitative estimate of drug-likeness (QED) is 0.322. The third kappa shape index (κ3) is 2.73. The summed E-state index contributed by atoms with van der Waals surface area (Å²) in [5, 5.41) is 4.20. The van der Waals surface area contributed by atoms with Gasteiger partial charge < -0.3 is 10.1 Å². The Morgan fingerprint density at radius 3 is 2.62 bits per heavy atom. The zero-order chi connectivity index (χ0) is 5.11. The molecule has 3 heteroatoms. The first-order valence-electron chi connectivity index (χ1n) is 2.64. The molecule has 0 N–H and O–H groups in total. The zero-order valence-electron chi connectivity index (χ0n) is 5.55. The number of hydrogen-bond acceptors (Lipinski definition) is 1. The van der Waals surface area contributed by atoms with Crippen LogP contribution in [0.4, 0.5) is 0 Å². The summed E-state index contributed by atoms with van der Waals surface area (Å²) in [4.78, 5) is 0. The van der Waals surface area contributed by atoms with Crippen LogP contribution < -0.4 is 18.9 Å². The van der Waals surface area contributed by atoms with Crippen LogP contribution in [0.25, 0.3) is 5.32 Å². The first-order valence-corrected chi connectivity index (χ1v) is 2.64. The zero-order valence-corrected chi connectivity index (χ0v) is 5.55. The molecule has 0 aliphatic carbocycles. The Balaban J connectivity index is 0.000000490. The number of hydrogen-bond donors (Lipinski definition) is 0. The molecule has 1 saturated heterocycles. The Bertz CT molecular complexity index is 54.4. The second-order valence-electron chi connectivity index (χ2n) is 1.83. The number of rotatable bonds is 0. The molecule has 8 heavy (non-hydrogen) atoms. The standard InChI is InChI=1S/C5H10NO.Li/c1-5-4-7-3-2-6-5;/h5H,2-4H2,1H3;/q-1;+1. The Morgan fingerprint density at radius 1 is 1.62 bits per heavy atom. The maximum absolute atomic E-state index is 5.09. The fourth-order valence-corrected chi connectivity index (χ4v) is 0.644. The molecule has 0 aromatic rings. The van der Waals surface area contributed by atoms with E-state index < -0.39 is 0 Å². The monoisotopic (exact) mass is 107 g/mol. The van der Waals surface area contributed by atoms with Gasteiger partial charge in [-0.3, -0.25) is 0 Å². The molecule has 0 bridgehead atoms. The number of ether oxygens (including phenoxy) is 1. The van der Waals surface area contributed by atoms with Crippen LogP contribution in [0.3, 0.4) is 0 Å². The average molecular weight is 107 g/mol. The van der Waals surface area contributed by atoms with Gasteiger partial charge in [0.25, 0.3) is 0 Å². The van der Waals surface area contributed by atoms with Gasteiger partial charge in [0.05, 0.1) is 0 Å². The van der Waals surface area contributed by atoms with E-state index in [1.54, 1.807) is 0 Å². The third-order valence-electron chi connectivity index (χ3n) is 1.04. The maximum Gasteiger partial charge on any atom is 1.00 e. The van der Waals surface area contributed by atoms with Gasteiger partial charge in [0.1, 0.15) is 0 Å². The Labute approximate surface area is 62.2 Å². The molecule has 42 valence electrons. The summed E-state index contributed by atoms with van der Waals surface area (Å²) in [5.74, 6) is 0. The Morgan fingerprint density at radius 2 is 2.38 bits per heavy atom. The molecule has 1 heterocycles. The third-order valence-corrected chi connectivity index (χ3v) is 1.04. The van der Waals surface area contributed by atoms with E-state index in [2.05, 4.69) is 12.2 Å². The molecule has 0 saturated carbocycles. The van der Waals surface area contributed by atoms with Crippen molar-refractivity contribution < 1.29 is 23.6 Å². The van der Waals surface area contributed by atoms with E-state index in [0.29, 0.717) is 6.04 Å². The van der Waals surface area contributed by atoms with Crippen LogP contribution in [-0.4, -0.2) is 25.8 Å². The van der Waals surface area contributed by atoms with E-state index in [-0.39, 0.29) is 18.9 Å². The van der Waals surface area contributed by atoms with Crippen molar-refractivity contribution in [1.82, 2.24) is 0 Å². The molecule has 0 amide bonds. The van der Waals surface area contributed by atoms with Crippen molar-refractivity contribution >= 4 is 0 Å². The van der Waals surface area contributed by atoms with Gasteiger partial charge in [-0.2, -0.15) is 0 Å². The normalized spacial score (nSPS) is 28.9. The molecule has 1 atom stereocenters. The van der Waals surface area contributed by atoms with Gasteiger partial charge >= 0.3 is 18.9 Å². The first-order chi connectivity index (χ1) is 3.39. The topological polar surface area (TPSA) is 23.3 Å². The Hall–Kier alpha value is 0.517. The van der Waals surface area contributed by atoms with Gasteiger partial charge in [0.2, 0.25) is 0 Å². The van der Waals surface area contributed by atoms with Gasteiger partial charge in [-0.25, -0.2) is 0 Å². The molecule has 0 aromatic heterocycles. The molecular formula is C5H10LiNO. The second-order valence-corrected chi connectivity index (χ2v) is 1.83. The SMILES string of the molecule is CC1COCC[N-]1.[Li+]. The molecule has 0 aromatic carbocycles. The summed E-state index contributed by atoms with van der Waals surface area (Å²) in [6, 6.07) is 0.439. The average Bonchev–Trinajstić information content (AvgIpc) is 1.69. The fraction of sp³-hybridized carbons (Fsp3) is 1.00.